The lowest BCUT2D eigenvalue weighted by molar-refractivity contribution is -0.141. The molecule has 0 bridgehead atoms. The first-order valence-electron chi connectivity index (χ1n) is 3.09. The fourth-order valence-corrected chi connectivity index (χ4v) is 0.876. The van der Waals surface area contributed by atoms with E-state index in [0.29, 0.717) is 0 Å². The molecule has 0 aromatic carbocycles. The summed E-state index contributed by atoms with van der Waals surface area (Å²) in [6.45, 7) is 3.77. The van der Waals surface area contributed by atoms with Gasteiger partial charge >= 0.3 is 5.97 Å². The van der Waals surface area contributed by atoms with Crippen molar-refractivity contribution in [2.45, 2.75) is 26.0 Å². The highest BCUT2D eigenvalue weighted by Gasteiger charge is 2.36. The van der Waals surface area contributed by atoms with Crippen LogP contribution in [0.15, 0.2) is 0 Å². The predicted octanol–water partition coefficient (Wildman–Crippen LogP) is 0.317. The van der Waals surface area contributed by atoms with Gasteiger partial charge in [-0.25, -0.2) is 0 Å². The van der Waals surface area contributed by atoms with Crippen LogP contribution in [0.2, 0.25) is 0 Å². The summed E-state index contributed by atoms with van der Waals surface area (Å²) in [6, 6.07) is -0.403. The molecule has 1 aliphatic heterocycles. The second-order valence-corrected chi connectivity index (χ2v) is 2.53. The van der Waals surface area contributed by atoms with Gasteiger partial charge in [-0.3, -0.25) is 4.79 Å². The molecule has 10 heavy (non-hydrogen) atoms. The molecule has 0 aliphatic carbocycles. The number of halogens is 1. The lowest BCUT2D eigenvalue weighted by Gasteiger charge is -2.06. The lowest BCUT2D eigenvalue weighted by atomic mass is 10.0. The molecule has 0 amide bonds. The van der Waals surface area contributed by atoms with Gasteiger partial charge in [0.2, 0.25) is 0 Å². The summed E-state index contributed by atoms with van der Waals surface area (Å²) in [6.07, 6.45) is -0.00694. The molecular formula is C6H12ClNO2. The summed E-state index contributed by atoms with van der Waals surface area (Å²) in [5, 5.41) is 0. The van der Waals surface area contributed by atoms with Gasteiger partial charge in [0.15, 0.2) is 0 Å². The Morgan fingerprint density at radius 2 is 2.00 bits per heavy atom. The van der Waals surface area contributed by atoms with E-state index in [9.17, 15) is 4.79 Å². The Balaban J connectivity index is 0.000000810. The number of carbonyl (C=O) groups excluding carboxylic acids is 1. The molecule has 1 rings (SSSR count). The van der Waals surface area contributed by atoms with Crippen LogP contribution in [0.3, 0.4) is 0 Å². The van der Waals surface area contributed by atoms with Crippen molar-refractivity contribution in [2.75, 3.05) is 0 Å². The number of cyclic esters (lactones) is 1. The lowest BCUT2D eigenvalue weighted by Crippen LogP contribution is -2.31. The van der Waals surface area contributed by atoms with Gasteiger partial charge in [0.25, 0.3) is 0 Å². The average Bonchev–Trinajstić information content (AvgIpc) is 1.98. The molecule has 0 saturated carbocycles. The van der Waals surface area contributed by atoms with Crippen molar-refractivity contribution >= 4 is 18.4 Å². The van der Waals surface area contributed by atoms with Crippen LogP contribution in [-0.2, 0) is 9.53 Å². The average molecular weight is 166 g/mol. The van der Waals surface area contributed by atoms with Crippen LogP contribution < -0.4 is 5.73 Å². The van der Waals surface area contributed by atoms with Gasteiger partial charge in [-0.1, -0.05) is 6.92 Å². The fourth-order valence-electron chi connectivity index (χ4n) is 0.876. The van der Waals surface area contributed by atoms with Gasteiger partial charge < -0.3 is 10.5 Å². The van der Waals surface area contributed by atoms with Crippen LogP contribution in [0.1, 0.15) is 13.8 Å². The van der Waals surface area contributed by atoms with Crippen LogP contribution in [0, 0.1) is 5.92 Å². The molecule has 0 unspecified atom stereocenters. The molecule has 1 heterocycles. The van der Waals surface area contributed by atoms with Gasteiger partial charge in [0.1, 0.15) is 12.1 Å². The van der Waals surface area contributed by atoms with Gasteiger partial charge in [-0.15, -0.1) is 12.4 Å². The summed E-state index contributed by atoms with van der Waals surface area (Å²) in [7, 11) is 0. The zero-order valence-corrected chi connectivity index (χ0v) is 6.85. The zero-order valence-electron chi connectivity index (χ0n) is 6.03. The number of esters is 1. The van der Waals surface area contributed by atoms with E-state index in [2.05, 4.69) is 0 Å². The van der Waals surface area contributed by atoms with E-state index >= 15 is 0 Å². The summed E-state index contributed by atoms with van der Waals surface area (Å²) >= 11 is 0. The molecule has 1 saturated heterocycles. The van der Waals surface area contributed by atoms with E-state index in [1.54, 1.807) is 0 Å². The SMILES string of the molecule is C[C@H]1[C@H](C)OC(=O)[C@@H]1N.Cl. The summed E-state index contributed by atoms with van der Waals surface area (Å²) in [4.78, 5) is 10.6. The van der Waals surface area contributed by atoms with Crippen molar-refractivity contribution in [3.8, 4) is 0 Å². The summed E-state index contributed by atoms with van der Waals surface area (Å²) in [5.41, 5.74) is 5.44. The fraction of sp³-hybridized carbons (Fsp3) is 0.833. The Kier molecular flexibility index (Phi) is 3.12. The molecule has 0 spiro atoms. The minimum Gasteiger partial charge on any atom is -0.461 e. The minimum atomic E-state index is -0.403. The Hall–Kier alpha value is -0.280. The van der Waals surface area contributed by atoms with Crippen LogP contribution in [0.4, 0.5) is 0 Å². The van der Waals surface area contributed by atoms with Crippen molar-refractivity contribution in [2.24, 2.45) is 11.7 Å². The van der Waals surface area contributed by atoms with Crippen molar-refractivity contribution in [1.29, 1.82) is 0 Å². The van der Waals surface area contributed by atoms with Crippen molar-refractivity contribution in [1.82, 2.24) is 0 Å². The third-order valence-electron chi connectivity index (χ3n) is 1.88. The summed E-state index contributed by atoms with van der Waals surface area (Å²) in [5.74, 6) is -0.104. The number of ether oxygens (including phenoxy) is 1. The molecule has 3 atom stereocenters. The molecular weight excluding hydrogens is 154 g/mol. The van der Waals surface area contributed by atoms with Crippen molar-refractivity contribution < 1.29 is 9.53 Å². The maximum atomic E-state index is 10.6. The van der Waals surface area contributed by atoms with E-state index in [4.69, 9.17) is 10.5 Å². The molecule has 2 N–H and O–H groups in total. The zero-order chi connectivity index (χ0) is 7.02. The second kappa shape index (κ2) is 3.21. The van der Waals surface area contributed by atoms with E-state index in [0.717, 1.165) is 0 Å². The maximum absolute atomic E-state index is 10.6. The van der Waals surface area contributed by atoms with E-state index in [-0.39, 0.29) is 30.4 Å². The molecule has 4 heteroatoms. The Labute approximate surface area is 66.3 Å². The number of nitrogens with two attached hydrogens (primary N) is 1. The molecule has 1 fully saturated rings. The predicted molar refractivity (Wildman–Crippen MR) is 39.9 cm³/mol. The normalized spacial score (nSPS) is 38.7. The number of hydrogen-bond acceptors (Lipinski definition) is 3. The van der Waals surface area contributed by atoms with E-state index < -0.39 is 6.04 Å². The topological polar surface area (TPSA) is 52.3 Å². The monoisotopic (exact) mass is 165 g/mol. The molecule has 60 valence electrons. The first kappa shape index (κ1) is 9.72. The Morgan fingerprint density at radius 3 is 2.10 bits per heavy atom. The second-order valence-electron chi connectivity index (χ2n) is 2.53. The Morgan fingerprint density at radius 1 is 1.50 bits per heavy atom. The Bertz CT molecular complexity index is 140. The highest BCUT2D eigenvalue weighted by molar-refractivity contribution is 5.85. The van der Waals surface area contributed by atoms with Gasteiger partial charge in [-0.2, -0.15) is 0 Å². The highest BCUT2D eigenvalue weighted by Crippen LogP contribution is 2.19. The maximum Gasteiger partial charge on any atom is 0.323 e. The third-order valence-corrected chi connectivity index (χ3v) is 1.88. The smallest absolute Gasteiger partial charge is 0.323 e. The van der Waals surface area contributed by atoms with Gasteiger partial charge in [0.05, 0.1) is 0 Å². The van der Waals surface area contributed by atoms with E-state index in [1.165, 1.54) is 0 Å². The standard InChI is InChI=1S/C6H11NO2.ClH/c1-3-4(2)9-6(8)5(3)7;/h3-5H,7H2,1-2H3;1H/t3-,4-,5+;/m0./s1. The van der Waals surface area contributed by atoms with Crippen LogP contribution in [0.25, 0.3) is 0 Å². The van der Waals surface area contributed by atoms with Crippen LogP contribution in [0.5, 0.6) is 0 Å². The minimum absolute atomic E-state index is 0. The number of hydrogen-bond donors (Lipinski definition) is 1. The molecule has 0 aromatic heterocycles. The largest absolute Gasteiger partial charge is 0.461 e. The number of carbonyl (C=O) groups is 1. The van der Waals surface area contributed by atoms with Gasteiger partial charge in [-0.05, 0) is 6.92 Å². The van der Waals surface area contributed by atoms with Crippen LogP contribution in [-0.4, -0.2) is 18.1 Å². The van der Waals surface area contributed by atoms with Gasteiger partial charge in [0, 0.05) is 5.92 Å². The molecule has 0 radical (unpaired) electrons. The third kappa shape index (κ3) is 1.41. The van der Waals surface area contributed by atoms with Crippen molar-refractivity contribution in [3.63, 3.8) is 0 Å². The number of rotatable bonds is 0. The molecule has 0 aromatic rings. The van der Waals surface area contributed by atoms with Crippen molar-refractivity contribution in [3.05, 3.63) is 0 Å². The first-order valence-corrected chi connectivity index (χ1v) is 3.09. The summed E-state index contributed by atoms with van der Waals surface area (Å²) < 4.78 is 4.82. The molecule has 1 aliphatic rings. The highest BCUT2D eigenvalue weighted by atomic mass is 35.5. The van der Waals surface area contributed by atoms with E-state index in [1.807, 2.05) is 13.8 Å². The van der Waals surface area contributed by atoms with Crippen LogP contribution >= 0.6 is 12.4 Å². The molecule has 3 nitrogen and oxygen atoms in total. The quantitative estimate of drug-likeness (QED) is 0.526. The first-order chi connectivity index (χ1) is 4.13.